The van der Waals surface area contributed by atoms with Crippen LogP contribution in [0.1, 0.15) is 36.0 Å². The molecule has 1 fully saturated rings. The van der Waals surface area contributed by atoms with Crippen molar-refractivity contribution in [1.29, 1.82) is 0 Å². The first-order valence-corrected chi connectivity index (χ1v) is 10.7. The minimum absolute atomic E-state index is 0.101. The molecule has 1 aliphatic heterocycles. The molecule has 1 aliphatic rings. The van der Waals surface area contributed by atoms with Crippen LogP contribution >= 0.6 is 0 Å². The minimum atomic E-state index is -5.39. The number of carbonyl (C=O) groups excluding carboxylic acids is 4. The fourth-order valence-electron chi connectivity index (χ4n) is 3.11. The number of piperidine rings is 1. The van der Waals surface area contributed by atoms with Crippen LogP contribution in [0.2, 0.25) is 0 Å². The van der Waals surface area contributed by atoms with E-state index in [2.05, 4.69) is 20.9 Å². The summed E-state index contributed by atoms with van der Waals surface area (Å²) in [7, 11) is 0. The van der Waals surface area contributed by atoms with E-state index in [0.29, 0.717) is 12.3 Å². The third kappa shape index (κ3) is 9.77. The highest BCUT2D eigenvalue weighted by Gasteiger charge is 2.42. The normalized spacial score (nSPS) is 13.9. The maximum Gasteiger partial charge on any atom is 0.491 e. The van der Waals surface area contributed by atoms with Gasteiger partial charge in [0.1, 0.15) is 0 Å². The largest absolute Gasteiger partial charge is 0.491 e. The number of carboxylic acids is 1. The molecule has 36 heavy (non-hydrogen) atoms. The average molecular weight is 519 g/mol. The van der Waals surface area contributed by atoms with E-state index in [-0.39, 0.29) is 23.5 Å². The number of carboxylic acid groups (broad SMARTS) is 1. The van der Waals surface area contributed by atoms with Crippen molar-refractivity contribution < 1.29 is 56.5 Å². The number of hydrazine groups is 1. The van der Waals surface area contributed by atoms with E-state index in [1.165, 1.54) is 0 Å². The van der Waals surface area contributed by atoms with Crippen molar-refractivity contribution in [3.8, 4) is 11.5 Å². The third-order valence-corrected chi connectivity index (χ3v) is 4.89. The summed E-state index contributed by atoms with van der Waals surface area (Å²) in [5.74, 6) is -7.25. The molecule has 0 aliphatic carbocycles. The SMILES string of the molecule is O=C(O)COc1cc(C(=O)NNC(=O)CCC2CCNCC2)ccc1OCC(=O)OC(=O)C(F)(F)F. The number of rotatable bonds is 10. The molecular weight excluding hydrogens is 495 g/mol. The fourth-order valence-corrected chi connectivity index (χ4v) is 3.11. The number of hydrogen-bond donors (Lipinski definition) is 4. The second-order valence-corrected chi connectivity index (χ2v) is 7.63. The molecule has 198 valence electrons. The van der Waals surface area contributed by atoms with Gasteiger partial charge in [-0.1, -0.05) is 0 Å². The zero-order chi connectivity index (χ0) is 26.7. The second-order valence-electron chi connectivity index (χ2n) is 7.63. The number of hydrogen-bond acceptors (Lipinski definition) is 9. The lowest BCUT2D eigenvalue weighted by atomic mass is 9.93. The summed E-state index contributed by atoms with van der Waals surface area (Å²) in [4.78, 5) is 57.3. The monoisotopic (exact) mass is 519 g/mol. The minimum Gasteiger partial charge on any atom is -0.479 e. The summed E-state index contributed by atoms with van der Waals surface area (Å²) < 4.78 is 50.0. The zero-order valence-electron chi connectivity index (χ0n) is 18.8. The van der Waals surface area contributed by atoms with Crippen LogP contribution in [0.25, 0.3) is 0 Å². The molecule has 2 amide bonds. The second kappa shape index (κ2) is 13.3. The van der Waals surface area contributed by atoms with Crippen LogP contribution in [0.15, 0.2) is 18.2 Å². The van der Waals surface area contributed by atoms with Gasteiger partial charge >= 0.3 is 24.1 Å². The number of ether oxygens (including phenoxy) is 3. The number of amides is 2. The maximum absolute atomic E-state index is 12.4. The van der Waals surface area contributed by atoms with Gasteiger partial charge in [0.2, 0.25) is 5.91 Å². The molecule has 12 nitrogen and oxygen atoms in total. The van der Waals surface area contributed by atoms with Gasteiger partial charge in [0.25, 0.3) is 5.91 Å². The fraction of sp³-hybridized carbons (Fsp3) is 0.476. The Bertz CT molecular complexity index is 979. The van der Waals surface area contributed by atoms with E-state index < -0.39 is 49.1 Å². The number of nitrogens with one attached hydrogen (secondary N) is 3. The Morgan fingerprint density at radius 3 is 2.31 bits per heavy atom. The van der Waals surface area contributed by atoms with Crippen LogP contribution < -0.4 is 25.6 Å². The Hall–Kier alpha value is -3.88. The highest BCUT2D eigenvalue weighted by molar-refractivity contribution is 5.96. The van der Waals surface area contributed by atoms with Gasteiger partial charge < -0.3 is 24.6 Å². The molecule has 1 aromatic carbocycles. The van der Waals surface area contributed by atoms with Crippen LogP contribution in [0.5, 0.6) is 11.5 Å². The summed E-state index contributed by atoms with van der Waals surface area (Å²) in [5, 5.41) is 12.0. The Labute approximate surface area is 202 Å². The van der Waals surface area contributed by atoms with Gasteiger partial charge in [0, 0.05) is 12.0 Å². The Kier molecular flexibility index (Phi) is 10.5. The topological polar surface area (TPSA) is 169 Å². The van der Waals surface area contributed by atoms with E-state index in [1.54, 1.807) is 0 Å². The highest BCUT2D eigenvalue weighted by Crippen LogP contribution is 2.29. The number of carbonyl (C=O) groups is 5. The lowest BCUT2D eigenvalue weighted by molar-refractivity contribution is -0.202. The predicted octanol–water partition coefficient (Wildman–Crippen LogP) is 0.702. The Morgan fingerprint density at radius 2 is 1.67 bits per heavy atom. The van der Waals surface area contributed by atoms with Gasteiger partial charge in [-0.05, 0) is 56.5 Å². The van der Waals surface area contributed by atoms with Crippen LogP contribution in [0, 0.1) is 5.92 Å². The van der Waals surface area contributed by atoms with E-state index in [4.69, 9.17) is 14.6 Å². The molecule has 1 aromatic rings. The van der Waals surface area contributed by atoms with E-state index in [9.17, 15) is 37.1 Å². The Balaban J connectivity index is 1.95. The molecular formula is C21H24F3N3O9. The summed E-state index contributed by atoms with van der Waals surface area (Å²) in [6.45, 7) is -0.250. The van der Waals surface area contributed by atoms with Crippen LogP contribution in [-0.4, -0.2) is 67.3 Å². The summed E-state index contributed by atoms with van der Waals surface area (Å²) in [6.07, 6.45) is -2.59. The van der Waals surface area contributed by atoms with Gasteiger partial charge in [-0.15, -0.1) is 0 Å². The molecule has 0 spiro atoms. The standard InChI is InChI=1S/C21H24F3N3O9/c22-21(23,24)20(33)36-18(31)11-35-14-3-2-13(9-15(14)34-10-17(29)30)19(32)27-26-16(28)4-1-12-5-7-25-8-6-12/h2-3,9,12,25H,1,4-8,10-11H2,(H,26,28)(H,27,32)(H,29,30). The van der Waals surface area contributed by atoms with Gasteiger partial charge in [-0.2, -0.15) is 13.2 Å². The summed E-state index contributed by atoms with van der Waals surface area (Å²) in [6, 6.07) is 3.26. The number of esters is 2. The zero-order valence-corrected chi connectivity index (χ0v) is 18.8. The predicted molar refractivity (Wildman–Crippen MR) is 113 cm³/mol. The Morgan fingerprint density at radius 1 is 1.00 bits per heavy atom. The van der Waals surface area contributed by atoms with Crippen molar-refractivity contribution >= 4 is 29.7 Å². The number of alkyl halides is 3. The van der Waals surface area contributed by atoms with E-state index in [1.807, 2.05) is 0 Å². The van der Waals surface area contributed by atoms with E-state index >= 15 is 0 Å². The number of benzene rings is 1. The maximum atomic E-state index is 12.4. The molecule has 0 aromatic heterocycles. The molecule has 2 rings (SSSR count). The van der Waals surface area contributed by atoms with Crippen molar-refractivity contribution in [2.24, 2.45) is 5.92 Å². The molecule has 1 saturated heterocycles. The molecule has 0 bridgehead atoms. The van der Waals surface area contributed by atoms with Gasteiger partial charge in [0.15, 0.2) is 24.7 Å². The first-order chi connectivity index (χ1) is 17.0. The molecule has 0 radical (unpaired) electrons. The van der Waals surface area contributed by atoms with Crippen molar-refractivity contribution in [2.75, 3.05) is 26.3 Å². The van der Waals surface area contributed by atoms with Crippen LogP contribution in [-0.2, 0) is 23.9 Å². The molecule has 1 heterocycles. The van der Waals surface area contributed by atoms with E-state index in [0.717, 1.165) is 44.1 Å². The van der Waals surface area contributed by atoms with Crippen LogP contribution in [0.3, 0.4) is 0 Å². The lowest BCUT2D eigenvalue weighted by Gasteiger charge is -2.22. The molecule has 0 unspecified atom stereocenters. The first kappa shape index (κ1) is 28.4. The van der Waals surface area contributed by atoms with Gasteiger partial charge in [0.05, 0.1) is 0 Å². The van der Waals surface area contributed by atoms with Crippen molar-refractivity contribution in [3.05, 3.63) is 23.8 Å². The number of aliphatic carboxylic acids is 1. The van der Waals surface area contributed by atoms with Gasteiger partial charge in [-0.25, -0.2) is 14.4 Å². The van der Waals surface area contributed by atoms with Crippen LogP contribution in [0.4, 0.5) is 13.2 Å². The number of halogens is 3. The third-order valence-electron chi connectivity index (χ3n) is 4.89. The highest BCUT2D eigenvalue weighted by atomic mass is 19.4. The smallest absolute Gasteiger partial charge is 0.479 e. The van der Waals surface area contributed by atoms with Crippen molar-refractivity contribution in [3.63, 3.8) is 0 Å². The average Bonchev–Trinajstić information content (AvgIpc) is 2.83. The molecule has 4 N–H and O–H groups in total. The first-order valence-electron chi connectivity index (χ1n) is 10.7. The summed E-state index contributed by atoms with van der Waals surface area (Å²) >= 11 is 0. The van der Waals surface area contributed by atoms with Crippen molar-refractivity contribution in [1.82, 2.24) is 16.2 Å². The van der Waals surface area contributed by atoms with Crippen molar-refractivity contribution in [2.45, 2.75) is 31.9 Å². The summed E-state index contributed by atoms with van der Waals surface area (Å²) in [5.41, 5.74) is 4.37. The molecule has 0 atom stereocenters. The lowest BCUT2D eigenvalue weighted by Crippen LogP contribution is -2.41. The molecule has 0 saturated carbocycles. The molecule has 15 heteroatoms. The quantitative estimate of drug-likeness (QED) is 0.196. The van der Waals surface area contributed by atoms with Gasteiger partial charge in [-0.3, -0.25) is 20.4 Å².